The molecule has 0 radical (unpaired) electrons. The summed E-state index contributed by atoms with van der Waals surface area (Å²) < 4.78 is 5.35. The summed E-state index contributed by atoms with van der Waals surface area (Å²) in [6, 6.07) is 0.290. The van der Waals surface area contributed by atoms with Crippen molar-refractivity contribution < 1.29 is 19.4 Å². The molecule has 0 spiro atoms. The van der Waals surface area contributed by atoms with Gasteiger partial charge in [0.2, 0.25) is 0 Å². The Kier molecular flexibility index (Phi) is 9.24. The van der Waals surface area contributed by atoms with Gasteiger partial charge in [-0.3, -0.25) is 9.59 Å². The van der Waals surface area contributed by atoms with Gasteiger partial charge in [0.1, 0.15) is 5.69 Å². The second kappa shape index (κ2) is 11.9. The van der Waals surface area contributed by atoms with Crippen LogP contribution in [0.2, 0.25) is 10.0 Å². The van der Waals surface area contributed by atoms with Crippen molar-refractivity contribution in [2.75, 3.05) is 44.3 Å². The van der Waals surface area contributed by atoms with Crippen LogP contribution in [-0.4, -0.2) is 77.8 Å². The van der Waals surface area contributed by atoms with Crippen molar-refractivity contribution in [2.24, 2.45) is 0 Å². The van der Waals surface area contributed by atoms with Crippen LogP contribution in [0.15, 0.2) is 6.58 Å². The van der Waals surface area contributed by atoms with Gasteiger partial charge in [-0.15, -0.1) is 11.3 Å². The Balaban J connectivity index is 0.00000103. The van der Waals surface area contributed by atoms with Gasteiger partial charge in [0.05, 0.1) is 34.6 Å². The predicted molar refractivity (Wildman–Crippen MR) is 135 cm³/mol. The van der Waals surface area contributed by atoms with Crippen LogP contribution in [-0.2, 0) is 9.53 Å². The number of thiazole rings is 1. The number of aryl methyl sites for hydroxylation is 2. The van der Waals surface area contributed by atoms with Gasteiger partial charge in [-0.05, 0) is 26.7 Å². The van der Waals surface area contributed by atoms with Crippen molar-refractivity contribution in [3.63, 3.8) is 0 Å². The molecule has 2 aliphatic heterocycles. The Hall–Kier alpha value is -2.27. The van der Waals surface area contributed by atoms with Crippen LogP contribution in [0.25, 0.3) is 5.70 Å². The zero-order valence-corrected chi connectivity index (χ0v) is 21.5. The average molecular weight is 530 g/mol. The maximum Gasteiger partial charge on any atom is 0.290 e. The van der Waals surface area contributed by atoms with Crippen LogP contribution in [0.5, 0.6) is 0 Å². The number of ether oxygens (including phenoxy) is 1. The lowest BCUT2D eigenvalue weighted by Crippen LogP contribution is -2.42. The molecule has 0 saturated carbocycles. The highest BCUT2D eigenvalue weighted by Crippen LogP contribution is 2.33. The SMILES string of the molecule is C=C(NC1CCN(c2nc(C(=O)N3CCOCC3)c(C)s2)CC1)c1[nH]c(C)c(Cl)c1Cl.O=CO. The van der Waals surface area contributed by atoms with Crippen LogP contribution < -0.4 is 10.2 Å². The Morgan fingerprint density at radius 2 is 1.85 bits per heavy atom. The number of rotatable bonds is 5. The van der Waals surface area contributed by atoms with Crippen LogP contribution in [0.4, 0.5) is 5.13 Å². The number of nitrogens with one attached hydrogen (secondary N) is 2. The van der Waals surface area contributed by atoms with E-state index in [2.05, 4.69) is 21.8 Å². The van der Waals surface area contributed by atoms with Gasteiger partial charge in [-0.2, -0.15) is 0 Å². The molecule has 4 heterocycles. The summed E-state index contributed by atoms with van der Waals surface area (Å²) in [6.45, 7) is 11.9. The summed E-state index contributed by atoms with van der Waals surface area (Å²) in [5, 5.41) is 12.3. The molecular formula is C22H29Cl2N5O4S. The number of carboxylic acid groups (broad SMARTS) is 1. The highest BCUT2D eigenvalue weighted by atomic mass is 35.5. The fourth-order valence-corrected chi connectivity index (χ4v) is 5.34. The lowest BCUT2D eigenvalue weighted by molar-refractivity contribution is -0.122. The molecule has 0 atom stereocenters. The molecule has 0 bridgehead atoms. The minimum atomic E-state index is -0.250. The van der Waals surface area contributed by atoms with Crippen LogP contribution in [0.3, 0.4) is 0 Å². The normalized spacial score (nSPS) is 16.6. The minimum absolute atomic E-state index is 0.00734. The number of amides is 1. The van der Waals surface area contributed by atoms with Crippen molar-refractivity contribution >= 4 is 57.7 Å². The Morgan fingerprint density at radius 1 is 1.24 bits per heavy atom. The molecule has 2 aromatic heterocycles. The number of hydrogen-bond donors (Lipinski definition) is 3. The highest BCUT2D eigenvalue weighted by molar-refractivity contribution is 7.15. The molecule has 1 amide bonds. The molecule has 34 heavy (non-hydrogen) atoms. The first-order valence-electron chi connectivity index (χ1n) is 10.9. The summed E-state index contributed by atoms with van der Waals surface area (Å²) in [5.41, 5.74) is 2.90. The monoisotopic (exact) mass is 529 g/mol. The molecule has 186 valence electrons. The summed E-state index contributed by atoms with van der Waals surface area (Å²) in [4.78, 5) is 34.1. The first-order valence-corrected chi connectivity index (χ1v) is 12.5. The third-order valence-corrected chi connectivity index (χ3v) is 7.76. The number of carbonyl (C=O) groups excluding carboxylic acids is 1. The molecule has 2 saturated heterocycles. The largest absolute Gasteiger partial charge is 0.483 e. The van der Waals surface area contributed by atoms with Gasteiger partial charge >= 0.3 is 0 Å². The predicted octanol–water partition coefficient (Wildman–Crippen LogP) is 3.80. The second-order valence-electron chi connectivity index (χ2n) is 8.05. The number of aromatic nitrogens is 2. The van der Waals surface area contributed by atoms with Crippen LogP contribution >= 0.6 is 34.5 Å². The number of anilines is 1. The lowest BCUT2D eigenvalue weighted by Gasteiger charge is -2.33. The molecule has 2 fully saturated rings. The van der Waals surface area contributed by atoms with Gasteiger partial charge in [0.25, 0.3) is 12.4 Å². The van der Waals surface area contributed by atoms with Crippen molar-refractivity contribution in [3.05, 3.63) is 38.6 Å². The average Bonchev–Trinajstić information content (AvgIpc) is 3.35. The van der Waals surface area contributed by atoms with Gasteiger partial charge in [-0.1, -0.05) is 29.8 Å². The van der Waals surface area contributed by atoms with E-state index in [9.17, 15) is 4.79 Å². The zero-order valence-electron chi connectivity index (χ0n) is 19.2. The fourth-order valence-electron chi connectivity index (χ4n) is 3.95. The molecule has 2 aliphatic rings. The number of piperidine rings is 1. The van der Waals surface area contributed by atoms with Gasteiger partial charge < -0.3 is 29.9 Å². The molecular weight excluding hydrogens is 501 g/mol. The quantitative estimate of drug-likeness (QED) is 0.505. The minimum Gasteiger partial charge on any atom is -0.483 e. The molecule has 12 heteroatoms. The van der Waals surface area contributed by atoms with Gasteiger partial charge in [0.15, 0.2) is 5.13 Å². The van der Waals surface area contributed by atoms with Crippen LogP contribution in [0.1, 0.15) is 39.6 Å². The second-order valence-corrected chi connectivity index (χ2v) is 9.99. The number of carbonyl (C=O) groups is 2. The summed E-state index contributed by atoms with van der Waals surface area (Å²) in [7, 11) is 0. The van der Waals surface area contributed by atoms with Crippen LogP contribution in [0, 0.1) is 13.8 Å². The summed E-state index contributed by atoms with van der Waals surface area (Å²) in [5.74, 6) is 0.00734. The number of H-pyrrole nitrogens is 1. The molecule has 0 aromatic carbocycles. The standard InChI is InChI=1S/C21H27Cl2N5O2S.CH2O2/c1-12-16(22)17(23)18(25-12)13(2)24-15-4-6-28(7-5-15)21-26-19(14(3)31-21)20(29)27-8-10-30-11-9-27;2-1-3/h15,24-25H,2,4-11H2,1,3H3;1H,(H,2,3). The van der Waals surface area contributed by atoms with E-state index in [-0.39, 0.29) is 18.4 Å². The summed E-state index contributed by atoms with van der Waals surface area (Å²) in [6.07, 6.45) is 1.88. The van der Waals surface area contributed by atoms with E-state index in [4.69, 9.17) is 42.8 Å². The maximum atomic E-state index is 12.8. The van der Waals surface area contributed by atoms with Crippen molar-refractivity contribution in [1.29, 1.82) is 0 Å². The zero-order chi connectivity index (χ0) is 24.8. The van der Waals surface area contributed by atoms with Gasteiger partial charge in [0, 0.05) is 42.8 Å². The molecule has 0 unspecified atom stereocenters. The number of hydrogen-bond acceptors (Lipinski definition) is 7. The van der Waals surface area contributed by atoms with Crippen molar-refractivity contribution in [2.45, 2.75) is 32.7 Å². The number of morpholine rings is 1. The van der Waals surface area contributed by atoms with E-state index < -0.39 is 0 Å². The maximum absolute atomic E-state index is 12.8. The number of halogens is 2. The third kappa shape index (κ3) is 6.04. The van der Waals surface area contributed by atoms with E-state index in [0.29, 0.717) is 42.0 Å². The van der Waals surface area contributed by atoms with Gasteiger partial charge in [-0.25, -0.2) is 4.98 Å². The highest BCUT2D eigenvalue weighted by Gasteiger charge is 2.27. The van der Waals surface area contributed by atoms with E-state index >= 15 is 0 Å². The number of aromatic amines is 1. The van der Waals surface area contributed by atoms with E-state index in [1.54, 1.807) is 11.3 Å². The van der Waals surface area contributed by atoms with E-state index in [1.165, 1.54) is 0 Å². The molecule has 4 rings (SSSR count). The molecule has 3 N–H and O–H groups in total. The topological polar surface area (TPSA) is 111 Å². The Morgan fingerprint density at radius 3 is 2.41 bits per heavy atom. The first kappa shape index (κ1) is 26.3. The Labute approximate surface area is 212 Å². The smallest absolute Gasteiger partial charge is 0.290 e. The fraction of sp³-hybridized carbons (Fsp3) is 0.500. The summed E-state index contributed by atoms with van der Waals surface area (Å²) >= 11 is 14.1. The number of nitrogens with zero attached hydrogens (tertiary/aromatic N) is 3. The molecule has 0 aliphatic carbocycles. The Bertz CT molecular complexity index is 1030. The van der Waals surface area contributed by atoms with E-state index in [1.807, 2.05) is 18.7 Å². The lowest BCUT2D eigenvalue weighted by atomic mass is 10.0. The van der Waals surface area contributed by atoms with Crippen molar-refractivity contribution in [1.82, 2.24) is 20.2 Å². The first-order chi connectivity index (χ1) is 16.3. The third-order valence-electron chi connectivity index (χ3n) is 5.79. The van der Waals surface area contributed by atoms with E-state index in [0.717, 1.165) is 53.0 Å². The van der Waals surface area contributed by atoms with Crippen molar-refractivity contribution in [3.8, 4) is 0 Å². The molecule has 2 aromatic rings. The molecule has 9 nitrogen and oxygen atoms in total.